The van der Waals surface area contributed by atoms with Crippen LogP contribution in [0, 0.1) is 13.8 Å². The molecule has 1 aromatic carbocycles. The highest BCUT2D eigenvalue weighted by molar-refractivity contribution is 5.92. The zero-order valence-electron chi connectivity index (χ0n) is 14.9. The molecular weight excluding hydrogens is 312 g/mol. The summed E-state index contributed by atoms with van der Waals surface area (Å²) in [4.78, 5) is 17.0. The van der Waals surface area contributed by atoms with Crippen LogP contribution in [0.2, 0.25) is 0 Å². The van der Waals surface area contributed by atoms with Gasteiger partial charge in [0.05, 0.1) is 5.52 Å². The van der Waals surface area contributed by atoms with E-state index in [0.29, 0.717) is 18.9 Å². The topological polar surface area (TPSA) is 59.3 Å². The highest BCUT2D eigenvalue weighted by atomic mass is 16.1. The fraction of sp³-hybridized carbons (Fsp3) is 0.450. The number of benzene rings is 1. The first kappa shape index (κ1) is 16.1. The largest absolute Gasteiger partial charge is 0.353 e. The molecule has 1 aliphatic rings. The summed E-state index contributed by atoms with van der Waals surface area (Å²) in [7, 11) is 0. The number of carbonyl (C=O) groups excluding carboxylic acids is 1. The Bertz CT molecular complexity index is 938. The number of hydrogen-bond donors (Lipinski definition) is 1. The summed E-state index contributed by atoms with van der Waals surface area (Å²) in [6.45, 7) is 4.09. The lowest BCUT2D eigenvalue weighted by atomic mass is 10.1. The van der Waals surface area contributed by atoms with Gasteiger partial charge >= 0.3 is 0 Å². The third kappa shape index (κ3) is 2.99. The van der Waals surface area contributed by atoms with Crippen molar-refractivity contribution in [3.05, 3.63) is 41.2 Å². The molecule has 1 saturated carbocycles. The minimum Gasteiger partial charge on any atom is -0.353 e. The van der Waals surface area contributed by atoms with Gasteiger partial charge in [0.15, 0.2) is 5.65 Å². The molecule has 25 heavy (non-hydrogen) atoms. The van der Waals surface area contributed by atoms with Gasteiger partial charge in [0.1, 0.15) is 0 Å². The van der Waals surface area contributed by atoms with E-state index < -0.39 is 0 Å². The quantitative estimate of drug-likeness (QED) is 0.793. The first-order valence-electron chi connectivity index (χ1n) is 9.16. The summed E-state index contributed by atoms with van der Waals surface area (Å²) in [5, 5.41) is 8.91. The maximum Gasteiger partial charge on any atom is 0.220 e. The molecule has 0 radical (unpaired) electrons. The van der Waals surface area contributed by atoms with Gasteiger partial charge in [0, 0.05) is 29.2 Å². The van der Waals surface area contributed by atoms with Gasteiger partial charge in [-0.25, -0.2) is 9.50 Å². The third-order valence-electron chi connectivity index (χ3n) is 5.34. The Balaban J connectivity index is 1.58. The smallest absolute Gasteiger partial charge is 0.220 e. The Hall–Kier alpha value is -2.43. The van der Waals surface area contributed by atoms with Crippen LogP contribution >= 0.6 is 0 Å². The molecule has 1 fully saturated rings. The van der Waals surface area contributed by atoms with E-state index in [1.54, 1.807) is 0 Å². The van der Waals surface area contributed by atoms with Crippen LogP contribution in [0.5, 0.6) is 0 Å². The normalized spacial score (nSPS) is 15.3. The van der Waals surface area contributed by atoms with Gasteiger partial charge in [-0.1, -0.05) is 25.0 Å². The van der Waals surface area contributed by atoms with E-state index >= 15 is 0 Å². The van der Waals surface area contributed by atoms with E-state index in [-0.39, 0.29) is 5.91 Å². The monoisotopic (exact) mass is 336 g/mol. The van der Waals surface area contributed by atoms with E-state index in [9.17, 15) is 4.79 Å². The summed E-state index contributed by atoms with van der Waals surface area (Å²) in [5.74, 6) is 0.149. The van der Waals surface area contributed by atoms with Crippen molar-refractivity contribution in [2.24, 2.45) is 0 Å². The highest BCUT2D eigenvalue weighted by Crippen LogP contribution is 2.23. The summed E-state index contributed by atoms with van der Waals surface area (Å²) < 4.78 is 1.92. The zero-order valence-corrected chi connectivity index (χ0v) is 14.9. The van der Waals surface area contributed by atoms with Gasteiger partial charge in [-0.05, 0) is 50.8 Å². The van der Waals surface area contributed by atoms with Crippen LogP contribution in [-0.4, -0.2) is 26.5 Å². The average Bonchev–Trinajstić information content (AvgIpc) is 3.22. The molecule has 130 valence electrons. The summed E-state index contributed by atoms with van der Waals surface area (Å²) in [5.41, 5.74) is 5.04. The Kier molecular flexibility index (Phi) is 4.15. The van der Waals surface area contributed by atoms with Crippen LogP contribution in [-0.2, 0) is 11.2 Å². The maximum absolute atomic E-state index is 12.2. The molecule has 0 aliphatic heterocycles. The fourth-order valence-electron chi connectivity index (χ4n) is 3.95. The highest BCUT2D eigenvalue weighted by Gasteiger charge is 2.18. The van der Waals surface area contributed by atoms with Gasteiger partial charge in [-0.2, -0.15) is 5.10 Å². The molecular formula is C20H24N4O. The first-order chi connectivity index (χ1) is 12.1. The van der Waals surface area contributed by atoms with Crippen molar-refractivity contribution in [1.82, 2.24) is 19.9 Å². The average molecular weight is 336 g/mol. The Morgan fingerprint density at radius 2 is 2.00 bits per heavy atom. The second-order valence-electron chi connectivity index (χ2n) is 7.06. The molecule has 0 bridgehead atoms. The number of nitrogens with zero attached hydrogens (tertiary/aromatic N) is 3. The third-order valence-corrected chi connectivity index (χ3v) is 5.34. The molecule has 5 heteroatoms. The standard InChI is InChI=1S/C20H24N4O/c1-13-16(11-12-19(25)22-15-7-3-4-8-15)14(2)24-20(21-13)17-9-5-6-10-18(17)23-24/h5-6,9-10,15H,3-4,7-8,11-12H2,1-2H3,(H,22,25). The lowest BCUT2D eigenvalue weighted by Crippen LogP contribution is -2.32. The van der Waals surface area contributed by atoms with E-state index in [2.05, 4.69) is 23.4 Å². The number of carbonyl (C=O) groups is 1. The van der Waals surface area contributed by atoms with Crippen LogP contribution < -0.4 is 5.32 Å². The van der Waals surface area contributed by atoms with Crippen LogP contribution in [0.3, 0.4) is 0 Å². The first-order valence-corrected chi connectivity index (χ1v) is 9.16. The number of aromatic nitrogens is 3. The van der Waals surface area contributed by atoms with E-state index in [1.807, 2.05) is 29.6 Å². The predicted octanol–water partition coefficient (Wildman–Crippen LogP) is 3.49. The molecule has 0 unspecified atom stereocenters. The number of fused-ring (bicyclic) bond motifs is 3. The molecule has 2 heterocycles. The van der Waals surface area contributed by atoms with Crippen molar-refractivity contribution < 1.29 is 4.79 Å². The second kappa shape index (κ2) is 6.47. The van der Waals surface area contributed by atoms with Gasteiger partial charge in [-0.15, -0.1) is 0 Å². The predicted molar refractivity (Wildman–Crippen MR) is 98.7 cm³/mol. The van der Waals surface area contributed by atoms with Gasteiger partial charge < -0.3 is 5.32 Å². The number of hydrogen-bond acceptors (Lipinski definition) is 3. The maximum atomic E-state index is 12.2. The molecule has 0 atom stereocenters. The fourth-order valence-corrected chi connectivity index (χ4v) is 3.95. The summed E-state index contributed by atoms with van der Waals surface area (Å²) in [6.07, 6.45) is 5.92. The van der Waals surface area contributed by atoms with Crippen molar-refractivity contribution in [3.8, 4) is 0 Å². The summed E-state index contributed by atoms with van der Waals surface area (Å²) >= 11 is 0. The van der Waals surface area contributed by atoms with Gasteiger partial charge in [-0.3, -0.25) is 4.79 Å². The molecule has 4 rings (SSSR count). The molecule has 2 aromatic heterocycles. The van der Waals surface area contributed by atoms with Crippen molar-refractivity contribution in [2.75, 3.05) is 0 Å². The molecule has 1 amide bonds. The van der Waals surface area contributed by atoms with Gasteiger partial charge in [0.2, 0.25) is 5.91 Å². The second-order valence-corrected chi connectivity index (χ2v) is 7.06. The van der Waals surface area contributed by atoms with E-state index in [0.717, 1.165) is 46.3 Å². The minimum absolute atomic E-state index is 0.149. The lowest BCUT2D eigenvalue weighted by Gasteiger charge is -2.14. The molecule has 3 aromatic rings. The van der Waals surface area contributed by atoms with Crippen LogP contribution in [0.1, 0.15) is 49.1 Å². The van der Waals surface area contributed by atoms with Crippen LogP contribution in [0.4, 0.5) is 0 Å². The molecule has 0 saturated heterocycles. The Morgan fingerprint density at radius 3 is 2.80 bits per heavy atom. The van der Waals surface area contributed by atoms with Crippen LogP contribution in [0.25, 0.3) is 16.6 Å². The number of nitrogens with one attached hydrogen (secondary N) is 1. The van der Waals surface area contributed by atoms with E-state index in [4.69, 9.17) is 4.98 Å². The Labute approximate surface area is 147 Å². The lowest BCUT2D eigenvalue weighted by molar-refractivity contribution is -0.121. The van der Waals surface area contributed by atoms with Crippen molar-refractivity contribution in [2.45, 2.75) is 58.4 Å². The van der Waals surface area contributed by atoms with E-state index in [1.165, 1.54) is 12.8 Å². The number of aryl methyl sites for hydroxylation is 2. The molecule has 5 nitrogen and oxygen atoms in total. The molecule has 0 spiro atoms. The summed E-state index contributed by atoms with van der Waals surface area (Å²) in [6, 6.07) is 8.45. The van der Waals surface area contributed by atoms with Crippen molar-refractivity contribution >= 4 is 22.5 Å². The van der Waals surface area contributed by atoms with Gasteiger partial charge in [0.25, 0.3) is 0 Å². The molecule has 1 aliphatic carbocycles. The SMILES string of the molecule is Cc1nc2c3ccccc3nn2c(C)c1CCC(=O)NC1CCCC1. The van der Waals surface area contributed by atoms with Crippen LogP contribution in [0.15, 0.2) is 24.3 Å². The number of amides is 1. The minimum atomic E-state index is 0.149. The molecule has 1 N–H and O–H groups in total. The Morgan fingerprint density at radius 1 is 1.24 bits per heavy atom. The zero-order chi connectivity index (χ0) is 17.4. The van der Waals surface area contributed by atoms with Crippen molar-refractivity contribution in [3.63, 3.8) is 0 Å². The van der Waals surface area contributed by atoms with Crippen molar-refractivity contribution in [1.29, 1.82) is 0 Å². The number of rotatable bonds is 4.